The van der Waals surface area contributed by atoms with Gasteiger partial charge in [0.25, 0.3) is 0 Å². The number of pyridine rings is 2. The van der Waals surface area contributed by atoms with E-state index >= 15 is 0 Å². The van der Waals surface area contributed by atoms with Gasteiger partial charge in [0.05, 0.1) is 16.8 Å². The van der Waals surface area contributed by atoms with Crippen LogP contribution in [0.4, 0.5) is 4.39 Å². The maximum Gasteiger partial charge on any atom is 0.320 e. The molecule has 130 valence electrons. The van der Waals surface area contributed by atoms with Crippen molar-refractivity contribution in [2.45, 2.75) is 28.9 Å². The zero-order chi connectivity index (χ0) is 18.3. The van der Waals surface area contributed by atoms with Crippen LogP contribution in [0.2, 0.25) is 0 Å². The number of hydrogen-bond acceptors (Lipinski definition) is 4. The fraction of sp³-hybridized carbons (Fsp3) is 0.211. The van der Waals surface area contributed by atoms with Crippen molar-refractivity contribution < 1.29 is 14.3 Å². The van der Waals surface area contributed by atoms with Crippen LogP contribution in [0.1, 0.15) is 24.8 Å². The van der Waals surface area contributed by atoms with Crippen molar-refractivity contribution in [1.29, 1.82) is 5.26 Å². The Balaban J connectivity index is 1.88. The van der Waals surface area contributed by atoms with Crippen LogP contribution in [-0.4, -0.2) is 25.2 Å². The van der Waals surface area contributed by atoms with E-state index in [9.17, 15) is 19.6 Å². The van der Waals surface area contributed by atoms with Crippen LogP contribution < -0.4 is 0 Å². The van der Waals surface area contributed by atoms with Crippen molar-refractivity contribution in [2.24, 2.45) is 0 Å². The number of halogens is 1. The number of carbonyl (C=O) groups is 1. The lowest BCUT2D eigenvalue weighted by Crippen LogP contribution is -2.41. The van der Waals surface area contributed by atoms with E-state index in [1.807, 2.05) is 0 Å². The second-order valence-electron chi connectivity index (χ2n) is 6.25. The second kappa shape index (κ2) is 6.15. The molecule has 0 aromatic carbocycles. The van der Waals surface area contributed by atoms with E-state index < -0.39 is 16.7 Å². The van der Waals surface area contributed by atoms with Crippen LogP contribution in [-0.2, 0) is 4.79 Å². The third-order valence-electron chi connectivity index (χ3n) is 4.79. The number of aliphatic carboxylic acids is 1. The maximum atomic E-state index is 14.4. The molecule has 0 bridgehead atoms. The highest BCUT2D eigenvalue weighted by molar-refractivity contribution is 8.01. The van der Waals surface area contributed by atoms with Gasteiger partial charge in [-0.1, -0.05) is 0 Å². The minimum Gasteiger partial charge on any atom is -0.480 e. The SMILES string of the molecule is N#Cc1ccc(-c2cnccc2SC2(C(=O)O)CCC2)n2c(F)ccc12. The summed E-state index contributed by atoms with van der Waals surface area (Å²) in [6.45, 7) is 0. The number of rotatable bonds is 4. The lowest BCUT2D eigenvalue weighted by atomic mass is 9.84. The fourth-order valence-corrected chi connectivity index (χ4v) is 4.62. The number of nitriles is 1. The van der Waals surface area contributed by atoms with Crippen LogP contribution in [0.15, 0.2) is 47.6 Å². The molecule has 3 aromatic rings. The average Bonchev–Trinajstić information content (AvgIpc) is 3.00. The van der Waals surface area contributed by atoms with Crippen LogP contribution in [0.25, 0.3) is 16.8 Å². The Morgan fingerprint density at radius 1 is 1.31 bits per heavy atom. The number of aromatic nitrogens is 2. The minimum atomic E-state index is -0.836. The van der Waals surface area contributed by atoms with Crippen molar-refractivity contribution in [3.8, 4) is 17.3 Å². The summed E-state index contributed by atoms with van der Waals surface area (Å²) in [6, 6.07) is 10.0. The Morgan fingerprint density at radius 2 is 2.12 bits per heavy atom. The predicted molar refractivity (Wildman–Crippen MR) is 95.4 cm³/mol. The standard InChI is InChI=1S/C19H14FN3O2S/c20-17-5-4-14-12(10-21)2-3-15(23(14)17)13-11-22-9-6-16(13)26-19(18(24)25)7-1-8-19/h2-6,9,11H,1,7-8H2,(H,24,25). The summed E-state index contributed by atoms with van der Waals surface area (Å²) < 4.78 is 14.9. The average molecular weight is 367 g/mol. The Labute approximate surface area is 153 Å². The summed E-state index contributed by atoms with van der Waals surface area (Å²) in [5.41, 5.74) is 2.03. The first-order valence-corrected chi connectivity index (χ1v) is 8.94. The highest BCUT2D eigenvalue weighted by Crippen LogP contribution is 2.49. The van der Waals surface area contributed by atoms with Gasteiger partial charge < -0.3 is 5.11 Å². The van der Waals surface area contributed by atoms with Crippen LogP contribution >= 0.6 is 11.8 Å². The Morgan fingerprint density at radius 3 is 2.77 bits per heavy atom. The van der Waals surface area contributed by atoms with Gasteiger partial charge in [0.1, 0.15) is 10.8 Å². The quantitative estimate of drug-likeness (QED) is 0.751. The van der Waals surface area contributed by atoms with Gasteiger partial charge in [0.15, 0.2) is 5.95 Å². The Bertz CT molecular complexity index is 1070. The second-order valence-corrected chi connectivity index (χ2v) is 7.67. The van der Waals surface area contributed by atoms with Crippen LogP contribution in [0, 0.1) is 17.3 Å². The van der Waals surface area contributed by atoms with E-state index in [2.05, 4.69) is 11.1 Å². The lowest BCUT2D eigenvalue weighted by molar-refractivity contribution is -0.142. The van der Waals surface area contributed by atoms with Crippen LogP contribution in [0.5, 0.6) is 0 Å². The first-order valence-electron chi connectivity index (χ1n) is 8.12. The molecule has 0 aliphatic heterocycles. The molecule has 7 heteroatoms. The van der Waals surface area contributed by atoms with Gasteiger partial charge in [-0.2, -0.15) is 9.65 Å². The molecule has 0 unspecified atom stereocenters. The van der Waals surface area contributed by atoms with Gasteiger partial charge in [-0.05, 0) is 49.6 Å². The highest BCUT2D eigenvalue weighted by atomic mass is 32.2. The third kappa shape index (κ3) is 2.45. The topological polar surface area (TPSA) is 78.4 Å². The van der Waals surface area contributed by atoms with Crippen LogP contribution in [0.3, 0.4) is 0 Å². The molecular formula is C19H14FN3O2S. The molecule has 1 fully saturated rings. The number of carboxylic acids is 1. The summed E-state index contributed by atoms with van der Waals surface area (Å²) in [7, 11) is 0. The molecule has 4 rings (SSSR count). The molecule has 1 aliphatic rings. The molecular weight excluding hydrogens is 353 g/mol. The lowest BCUT2D eigenvalue weighted by Gasteiger charge is -2.37. The number of hydrogen-bond donors (Lipinski definition) is 1. The molecule has 3 aromatic heterocycles. The van der Waals surface area contributed by atoms with E-state index in [-0.39, 0.29) is 0 Å². The van der Waals surface area contributed by atoms with E-state index in [1.54, 1.807) is 36.7 Å². The van der Waals surface area contributed by atoms with Gasteiger partial charge in [-0.15, -0.1) is 11.8 Å². The number of fused-ring (bicyclic) bond motifs is 1. The fourth-order valence-electron chi connectivity index (χ4n) is 3.22. The van der Waals surface area contributed by atoms with Crippen molar-refractivity contribution in [3.05, 3.63) is 54.2 Å². The van der Waals surface area contributed by atoms with Crippen molar-refractivity contribution in [1.82, 2.24) is 9.38 Å². The molecule has 5 nitrogen and oxygen atoms in total. The van der Waals surface area contributed by atoms with Gasteiger partial charge in [-0.25, -0.2) is 0 Å². The highest BCUT2D eigenvalue weighted by Gasteiger charge is 2.45. The normalized spacial score (nSPS) is 15.4. The molecule has 0 amide bonds. The summed E-state index contributed by atoms with van der Waals surface area (Å²) in [5, 5.41) is 18.9. The molecule has 1 N–H and O–H groups in total. The zero-order valence-corrected chi connectivity index (χ0v) is 14.5. The molecule has 3 heterocycles. The summed E-state index contributed by atoms with van der Waals surface area (Å²) >= 11 is 1.29. The third-order valence-corrected chi connectivity index (χ3v) is 6.34. The summed E-state index contributed by atoms with van der Waals surface area (Å²) in [4.78, 5) is 16.6. The molecule has 0 spiro atoms. The first-order chi connectivity index (χ1) is 12.6. The number of carboxylic acid groups (broad SMARTS) is 1. The molecule has 0 saturated heterocycles. The summed E-state index contributed by atoms with van der Waals surface area (Å²) in [5.74, 6) is -1.31. The van der Waals surface area contributed by atoms with E-state index in [1.165, 1.54) is 22.2 Å². The summed E-state index contributed by atoms with van der Waals surface area (Å²) in [6.07, 6.45) is 5.31. The predicted octanol–water partition coefficient (Wildman–Crippen LogP) is 4.11. The van der Waals surface area contributed by atoms with Gasteiger partial charge >= 0.3 is 5.97 Å². The largest absolute Gasteiger partial charge is 0.480 e. The number of nitrogens with zero attached hydrogens (tertiary/aromatic N) is 3. The van der Waals surface area contributed by atoms with E-state index in [0.717, 1.165) is 11.3 Å². The molecule has 0 radical (unpaired) electrons. The van der Waals surface area contributed by atoms with E-state index in [0.29, 0.717) is 35.2 Å². The first kappa shape index (κ1) is 16.6. The number of thioether (sulfide) groups is 1. The van der Waals surface area contributed by atoms with Crippen molar-refractivity contribution in [3.63, 3.8) is 0 Å². The minimum absolute atomic E-state index is 0.372. The zero-order valence-electron chi connectivity index (χ0n) is 13.6. The molecule has 0 atom stereocenters. The Hall–Kier alpha value is -2.85. The van der Waals surface area contributed by atoms with Gasteiger partial charge in [0, 0.05) is 22.9 Å². The van der Waals surface area contributed by atoms with Crippen molar-refractivity contribution in [2.75, 3.05) is 0 Å². The van der Waals surface area contributed by atoms with Crippen molar-refractivity contribution >= 4 is 23.2 Å². The van der Waals surface area contributed by atoms with E-state index in [4.69, 9.17) is 0 Å². The monoisotopic (exact) mass is 367 g/mol. The molecule has 1 saturated carbocycles. The smallest absolute Gasteiger partial charge is 0.320 e. The maximum absolute atomic E-state index is 14.4. The Kier molecular flexibility index (Phi) is 3.93. The molecule has 26 heavy (non-hydrogen) atoms. The molecule has 1 aliphatic carbocycles. The van der Waals surface area contributed by atoms with Gasteiger partial charge in [0.2, 0.25) is 0 Å². The van der Waals surface area contributed by atoms with Gasteiger partial charge in [-0.3, -0.25) is 14.2 Å².